The number of hydrogen-bond acceptors (Lipinski definition) is 6. The van der Waals surface area contributed by atoms with Crippen LogP contribution in [0.5, 0.6) is 5.75 Å². The van der Waals surface area contributed by atoms with Gasteiger partial charge in [0.2, 0.25) is 10.0 Å². The SMILES string of the molecule is COc1ccc(S(=O)(=O)N2CCN(C(=O)c3sc(CC(C)C)nc3C)CC2)cc1. The Morgan fingerprint density at radius 2 is 1.79 bits per heavy atom. The number of benzene rings is 1. The van der Waals surface area contributed by atoms with Crippen molar-refractivity contribution in [1.29, 1.82) is 0 Å². The molecular formula is C20H27N3O4S2. The van der Waals surface area contributed by atoms with E-state index in [1.54, 1.807) is 29.2 Å². The van der Waals surface area contributed by atoms with Gasteiger partial charge in [-0.3, -0.25) is 4.79 Å². The molecule has 0 spiro atoms. The van der Waals surface area contributed by atoms with Crippen molar-refractivity contribution >= 4 is 27.3 Å². The minimum absolute atomic E-state index is 0.0588. The number of amides is 1. The molecule has 2 heterocycles. The van der Waals surface area contributed by atoms with Gasteiger partial charge < -0.3 is 9.64 Å². The van der Waals surface area contributed by atoms with Gasteiger partial charge in [0.05, 0.1) is 22.7 Å². The number of aromatic nitrogens is 1. The molecule has 0 aliphatic carbocycles. The molecule has 0 atom stereocenters. The smallest absolute Gasteiger partial charge is 0.265 e. The molecule has 3 rings (SSSR count). The van der Waals surface area contributed by atoms with Gasteiger partial charge in [0, 0.05) is 32.6 Å². The van der Waals surface area contributed by atoms with E-state index in [0.29, 0.717) is 29.6 Å². The molecule has 0 unspecified atom stereocenters. The van der Waals surface area contributed by atoms with E-state index in [1.165, 1.54) is 22.8 Å². The highest BCUT2D eigenvalue weighted by atomic mass is 32.2. The van der Waals surface area contributed by atoms with Crippen molar-refractivity contribution in [2.75, 3.05) is 33.3 Å². The number of sulfonamides is 1. The number of methoxy groups -OCH3 is 1. The maximum absolute atomic E-state index is 12.9. The minimum atomic E-state index is -3.59. The second-order valence-electron chi connectivity index (χ2n) is 7.49. The molecule has 0 radical (unpaired) electrons. The van der Waals surface area contributed by atoms with Crippen LogP contribution < -0.4 is 4.74 Å². The van der Waals surface area contributed by atoms with Gasteiger partial charge >= 0.3 is 0 Å². The molecule has 1 amide bonds. The highest BCUT2D eigenvalue weighted by Crippen LogP contribution is 2.24. The number of rotatable bonds is 6. The van der Waals surface area contributed by atoms with E-state index in [9.17, 15) is 13.2 Å². The van der Waals surface area contributed by atoms with Gasteiger partial charge in [-0.2, -0.15) is 4.31 Å². The first-order chi connectivity index (χ1) is 13.7. The third-order valence-corrected chi connectivity index (χ3v) is 7.92. The maximum Gasteiger partial charge on any atom is 0.265 e. The van der Waals surface area contributed by atoms with E-state index >= 15 is 0 Å². The van der Waals surface area contributed by atoms with Crippen LogP contribution in [-0.4, -0.2) is 61.8 Å². The van der Waals surface area contributed by atoms with Gasteiger partial charge in [-0.05, 0) is 37.1 Å². The van der Waals surface area contributed by atoms with E-state index in [1.807, 2.05) is 6.92 Å². The van der Waals surface area contributed by atoms with Crippen LogP contribution >= 0.6 is 11.3 Å². The van der Waals surface area contributed by atoms with E-state index < -0.39 is 10.0 Å². The van der Waals surface area contributed by atoms with Crippen LogP contribution in [-0.2, 0) is 16.4 Å². The van der Waals surface area contributed by atoms with E-state index in [0.717, 1.165) is 17.1 Å². The topological polar surface area (TPSA) is 79.8 Å². The zero-order valence-electron chi connectivity index (χ0n) is 17.2. The van der Waals surface area contributed by atoms with Crippen molar-refractivity contribution in [1.82, 2.24) is 14.2 Å². The van der Waals surface area contributed by atoms with Crippen molar-refractivity contribution in [2.45, 2.75) is 32.1 Å². The Kier molecular flexibility index (Phi) is 6.60. The maximum atomic E-state index is 12.9. The van der Waals surface area contributed by atoms with E-state index in [-0.39, 0.29) is 23.9 Å². The van der Waals surface area contributed by atoms with E-state index in [4.69, 9.17) is 4.74 Å². The summed E-state index contributed by atoms with van der Waals surface area (Å²) in [7, 11) is -2.05. The molecule has 1 aliphatic heterocycles. The lowest BCUT2D eigenvalue weighted by molar-refractivity contribution is 0.0702. The summed E-state index contributed by atoms with van der Waals surface area (Å²) in [4.78, 5) is 20.1. The van der Waals surface area contributed by atoms with Crippen LogP contribution in [0, 0.1) is 12.8 Å². The summed E-state index contributed by atoms with van der Waals surface area (Å²) in [6, 6.07) is 6.35. The second kappa shape index (κ2) is 8.81. The fourth-order valence-electron chi connectivity index (χ4n) is 3.26. The fraction of sp³-hybridized carbons (Fsp3) is 0.500. The number of ether oxygens (including phenoxy) is 1. The highest BCUT2D eigenvalue weighted by Gasteiger charge is 2.31. The Labute approximate surface area is 176 Å². The average Bonchev–Trinajstić information content (AvgIpc) is 3.06. The van der Waals surface area contributed by atoms with Crippen molar-refractivity contribution < 1.29 is 17.9 Å². The summed E-state index contributed by atoms with van der Waals surface area (Å²) >= 11 is 1.45. The van der Waals surface area contributed by atoms with Gasteiger partial charge in [0.25, 0.3) is 5.91 Å². The van der Waals surface area contributed by atoms with Crippen molar-refractivity contribution in [2.24, 2.45) is 5.92 Å². The van der Waals surface area contributed by atoms with Crippen LogP contribution in [0.3, 0.4) is 0 Å². The molecule has 158 valence electrons. The normalized spacial score (nSPS) is 15.7. The number of piperazine rings is 1. The van der Waals surface area contributed by atoms with Gasteiger partial charge in [-0.15, -0.1) is 11.3 Å². The lowest BCUT2D eigenvalue weighted by Crippen LogP contribution is -2.50. The molecule has 1 aliphatic rings. The van der Waals surface area contributed by atoms with Crippen LogP contribution in [0.15, 0.2) is 29.2 Å². The monoisotopic (exact) mass is 437 g/mol. The number of carbonyl (C=O) groups excluding carboxylic acids is 1. The Morgan fingerprint density at radius 1 is 1.17 bits per heavy atom. The number of hydrogen-bond donors (Lipinski definition) is 0. The molecule has 1 aromatic carbocycles. The van der Waals surface area contributed by atoms with Gasteiger partial charge in [-0.25, -0.2) is 13.4 Å². The summed E-state index contributed by atoms with van der Waals surface area (Å²) < 4.78 is 32.3. The molecule has 1 aromatic heterocycles. The third-order valence-electron chi connectivity index (χ3n) is 4.84. The fourth-order valence-corrected chi connectivity index (χ4v) is 5.93. The summed E-state index contributed by atoms with van der Waals surface area (Å²) in [5, 5.41) is 0.974. The Morgan fingerprint density at radius 3 is 2.34 bits per heavy atom. The van der Waals surface area contributed by atoms with E-state index in [2.05, 4.69) is 18.8 Å². The molecule has 1 saturated heterocycles. The second-order valence-corrected chi connectivity index (χ2v) is 10.5. The number of carbonyl (C=O) groups is 1. The lowest BCUT2D eigenvalue weighted by Gasteiger charge is -2.33. The van der Waals surface area contributed by atoms with Gasteiger partial charge in [0.15, 0.2) is 0 Å². The number of nitrogens with zero attached hydrogens (tertiary/aromatic N) is 3. The minimum Gasteiger partial charge on any atom is -0.497 e. The highest BCUT2D eigenvalue weighted by molar-refractivity contribution is 7.89. The molecule has 7 nitrogen and oxygen atoms in total. The summed E-state index contributed by atoms with van der Waals surface area (Å²) in [5.41, 5.74) is 0.754. The van der Waals surface area contributed by atoms with Crippen LogP contribution in [0.1, 0.15) is 34.2 Å². The molecule has 29 heavy (non-hydrogen) atoms. The average molecular weight is 438 g/mol. The predicted molar refractivity (Wildman–Crippen MR) is 113 cm³/mol. The Hall–Kier alpha value is -1.97. The Balaban J connectivity index is 1.66. The lowest BCUT2D eigenvalue weighted by atomic mass is 10.1. The van der Waals surface area contributed by atoms with Crippen molar-refractivity contribution in [3.8, 4) is 5.75 Å². The molecule has 9 heteroatoms. The molecule has 0 N–H and O–H groups in total. The zero-order chi connectivity index (χ0) is 21.2. The van der Waals surface area contributed by atoms with Crippen LogP contribution in [0.25, 0.3) is 0 Å². The predicted octanol–water partition coefficient (Wildman–Crippen LogP) is 2.81. The van der Waals surface area contributed by atoms with Crippen LogP contribution in [0.2, 0.25) is 0 Å². The summed E-state index contributed by atoms with van der Waals surface area (Å²) in [6.07, 6.45) is 0.854. The quantitative estimate of drug-likeness (QED) is 0.694. The first kappa shape index (κ1) is 21.7. The molecule has 0 saturated carbocycles. The van der Waals surface area contributed by atoms with Gasteiger partial charge in [-0.1, -0.05) is 13.8 Å². The number of thiazole rings is 1. The third kappa shape index (κ3) is 4.79. The van der Waals surface area contributed by atoms with Crippen molar-refractivity contribution in [3.05, 3.63) is 39.8 Å². The molecular weight excluding hydrogens is 410 g/mol. The molecule has 0 bridgehead atoms. The number of aryl methyl sites for hydroxylation is 1. The van der Waals surface area contributed by atoms with Gasteiger partial charge in [0.1, 0.15) is 10.6 Å². The molecule has 2 aromatic rings. The zero-order valence-corrected chi connectivity index (χ0v) is 18.8. The standard InChI is InChI=1S/C20H27N3O4S2/c1-14(2)13-18-21-15(3)19(28-18)20(24)22-9-11-23(12-10-22)29(25,26)17-7-5-16(27-4)6-8-17/h5-8,14H,9-13H2,1-4H3. The van der Waals surface area contributed by atoms with Crippen LogP contribution in [0.4, 0.5) is 0 Å². The first-order valence-electron chi connectivity index (χ1n) is 9.62. The Bertz CT molecular complexity index is 960. The first-order valence-corrected chi connectivity index (χ1v) is 11.9. The largest absolute Gasteiger partial charge is 0.497 e. The summed E-state index contributed by atoms with van der Waals surface area (Å²) in [5.74, 6) is 1.03. The summed E-state index contributed by atoms with van der Waals surface area (Å²) in [6.45, 7) is 7.39. The van der Waals surface area contributed by atoms with Crippen molar-refractivity contribution in [3.63, 3.8) is 0 Å². The molecule has 1 fully saturated rings.